The second-order valence-corrected chi connectivity index (χ2v) is 7.10. The zero-order chi connectivity index (χ0) is 17.9. The zero-order valence-electron chi connectivity index (χ0n) is 14.1. The second kappa shape index (κ2) is 7.25. The van der Waals surface area contributed by atoms with Crippen LogP contribution in [0.25, 0.3) is 0 Å². The van der Waals surface area contributed by atoms with E-state index in [-0.39, 0.29) is 25.3 Å². The van der Waals surface area contributed by atoms with Crippen molar-refractivity contribution >= 4 is 29.0 Å². The maximum absolute atomic E-state index is 12.6. The summed E-state index contributed by atoms with van der Waals surface area (Å²) in [6.45, 7) is 1.91. The fraction of sp³-hybridized carbons (Fsp3) is 0.333. The highest BCUT2D eigenvalue weighted by Crippen LogP contribution is 2.36. The first-order valence-electron chi connectivity index (χ1n) is 8.46. The summed E-state index contributed by atoms with van der Waals surface area (Å²) in [5.41, 5.74) is 0.750. The molecule has 0 aliphatic carbocycles. The number of nitrogens with one attached hydrogen (secondary N) is 1. The summed E-state index contributed by atoms with van der Waals surface area (Å²) in [5, 5.41) is 4.89. The number of carbonyl (C=O) groups is 2. The van der Waals surface area contributed by atoms with Crippen LogP contribution < -0.4 is 19.7 Å². The van der Waals surface area contributed by atoms with Gasteiger partial charge in [0.05, 0.1) is 0 Å². The lowest BCUT2D eigenvalue weighted by Gasteiger charge is -2.18. The van der Waals surface area contributed by atoms with E-state index in [1.165, 1.54) is 4.88 Å². The van der Waals surface area contributed by atoms with Gasteiger partial charge in [0.15, 0.2) is 11.5 Å². The number of carbonyl (C=O) groups excluding carboxylic acids is 2. The van der Waals surface area contributed by atoms with Crippen molar-refractivity contribution in [3.8, 4) is 11.5 Å². The van der Waals surface area contributed by atoms with Gasteiger partial charge in [-0.3, -0.25) is 9.69 Å². The van der Waals surface area contributed by atoms with Gasteiger partial charge in [0.25, 0.3) is 0 Å². The van der Waals surface area contributed by atoms with Crippen LogP contribution in [0.5, 0.6) is 11.5 Å². The normalized spacial score (nSPS) is 15.6. The molecule has 7 nitrogen and oxygen atoms in total. The van der Waals surface area contributed by atoms with Crippen LogP contribution in [-0.2, 0) is 11.2 Å². The summed E-state index contributed by atoms with van der Waals surface area (Å²) in [5.74, 6) is 1.19. The van der Waals surface area contributed by atoms with E-state index in [0.29, 0.717) is 31.1 Å². The number of urea groups is 1. The van der Waals surface area contributed by atoms with Crippen LogP contribution >= 0.6 is 11.3 Å². The standard InChI is InChI=1S/C18H19N3O4S/c22-17(19-6-5-14-2-1-9-26-14)11-20-7-8-21(18(20)23)13-3-4-15-16(10-13)25-12-24-15/h1-4,9-10H,5-8,11-12H2,(H,19,22). The van der Waals surface area contributed by atoms with Crippen LogP contribution in [0.4, 0.5) is 10.5 Å². The van der Waals surface area contributed by atoms with E-state index in [9.17, 15) is 9.59 Å². The van der Waals surface area contributed by atoms with E-state index in [1.807, 2.05) is 23.6 Å². The molecule has 0 radical (unpaired) electrons. The molecule has 0 atom stereocenters. The van der Waals surface area contributed by atoms with Crippen LogP contribution in [0.2, 0.25) is 0 Å². The van der Waals surface area contributed by atoms with Gasteiger partial charge in [-0.05, 0) is 30.0 Å². The molecule has 0 spiro atoms. The average molecular weight is 373 g/mol. The maximum atomic E-state index is 12.6. The summed E-state index contributed by atoms with van der Waals surface area (Å²) in [4.78, 5) is 29.2. The number of rotatable bonds is 6. The minimum Gasteiger partial charge on any atom is -0.454 e. The Kier molecular flexibility index (Phi) is 4.66. The molecular weight excluding hydrogens is 354 g/mol. The van der Waals surface area contributed by atoms with E-state index in [2.05, 4.69) is 5.32 Å². The van der Waals surface area contributed by atoms with Crippen molar-refractivity contribution in [2.75, 3.05) is 37.9 Å². The average Bonchev–Trinajstić information content (AvgIpc) is 3.37. The Morgan fingerprint density at radius 2 is 2.08 bits per heavy atom. The Morgan fingerprint density at radius 3 is 2.92 bits per heavy atom. The van der Waals surface area contributed by atoms with Gasteiger partial charge in [-0.15, -0.1) is 11.3 Å². The molecule has 1 N–H and O–H groups in total. The Morgan fingerprint density at radius 1 is 1.19 bits per heavy atom. The van der Waals surface area contributed by atoms with Crippen molar-refractivity contribution in [1.29, 1.82) is 0 Å². The molecule has 2 aromatic rings. The first-order valence-corrected chi connectivity index (χ1v) is 9.34. The van der Waals surface area contributed by atoms with E-state index in [4.69, 9.17) is 9.47 Å². The molecule has 26 heavy (non-hydrogen) atoms. The number of thiophene rings is 1. The molecular formula is C18H19N3O4S. The summed E-state index contributed by atoms with van der Waals surface area (Å²) in [7, 11) is 0. The first kappa shape index (κ1) is 16.7. The monoisotopic (exact) mass is 373 g/mol. The van der Waals surface area contributed by atoms with Gasteiger partial charge >= 0.3 is 6.03 Å². The fourth-order valence-electron chi connectivity index (χ4n) is 3.03. The van der Waals surface area contributed by atoms with Gasteiger partial charge in [0.1, 0.15) is 6.54 Å². The lowest BCUT2D eigenvalue weighted by atomic mass is 10.2. The molecule has 8 heteroatoms. The van der Waals surface area contributed by atoms with Crippen LogP contribution in [0.15, 0.2) is 35.7 Å². The summed E-state index contributed by atoms with van der Waals surface area (Å²) >= 11 is 1.67. The molecule has 0 bridgehead atoms. The van der Waals surface area contributed by atoms with Gasteiger partial charge in [-0.1, -0.05) is 6.07 Å². The molecule has 1 fully saturated rings. The SMILES string of the molecule is O=C(CN1CCN(c2ccc3c(c2)OCO3)C1=O)NCCc1cccs1. The van der Waals surface area contributed by atoms with E-state index < -0.39 is 0 Å². The van der Waals surface area contributed by atoms with E-state index in [1.54, 1.807) is 33.3 Å². The molecule has 2 aliphatic rings. The van der Waals surface area contributed by atoms with E-state index in [0.717, 1.165) is 12.1 Å². The van der Waals surface area contributed by atoms with Crippen molar-refractivity contribution in [3.05, 3.63) is 40.6 Å². The number of ether oxygens (including phenoxy) is 2. The Labute approximate surface area is 155 Å². The number of hydrogen-bond acceptors (Lipinski definition) is 5. The molecule has 2 aliphatic heterocycles. The highest BCUT2D eigenvalue weighted by Gasteiger charge is 2.31. The molecule has 1 saturated heterocycles. The minimum atomic E-state index is -0.169. The topological polar surface area (TPSA) is 71.1 Å². The molecule has 1 aromatic heterocycles. The lowest BCUT2D eigenvalue weighted by Crippen LogP contribution is -2.40. The highest BCUT2D eigenvalue weighted by atomic mass is 32.1. The number of anilines is 1. The predicted molar refractivity (Wildman–Crippen MR) is 97.9 cm³/mol. The van der Waals surface area contributed by atoms with Crippen LogP contribution in [0.1, 0.15) is 4.88 Å². The third-order valence-electron chi connectivity index (χ3n) is 4.37. The Hall–Kier alpha value is -2.74. The van der Waals surface area contributed by atoms with Crippen LogP contribution in [-0.4, -0.2) is 49.8 Å². The number of hydrogen-bond donors (Lipinski definition) is 1. The molecule has 3 heterocycles. The fourth-order valence-corrected chi connectivity index (χ4v) is 3.74. The van der Waals surface area contributed by atoms with Crippen LogP contribution in [0.3, 0.4) is 0 Å². The predicted octanol–water partition coefficient (Wildman–Crippen LogP) is 2.08. The van der Waals surface area contributed by atoms with Crippen LogP contribution in [0, 0.1) is 0 Å². The van der Waals surface area contributed by atoms with Gasteiger partial charge in [-0.2, -0.15) is 0 Å². The van der Waals surface area contributed by atoms with Crippen molar-refractivity contribution in [2.45, 2.75) is 6.42 Å². The second-order valence-electron chi connectivity index (χ2n) is 6.07. The summed E-state index contributed by atoms with van der Waals surface area (Å²) < 4.78 is 10.7. The molecule has 1 aromatic carbocycles. The van der Waals surface area contributed by atoms with Crippen molar-refractivity contribution < 1.29 is 19.1 Å². The van der Waals surface area contributed by atoms with Crippen molar-refractivity contribution in [2.24, 2.45) is 0 Å². The lowest BCUT2D eigenvalue weighted by molar-refractivity contribution is -0.121. The first-order chi connectivity index (χ1) is 12.7. The number of fused-ring (bicyclic) bond motifs is 1. The van der Waals surface area contributed by atoms with Gasteiger partial charge in [0, 0.05) is 36.3 Å². The quantitative estimate of drug-likeness (QED) is 0.842. The highest BCUT2D eigenvalue weighted by molar-refractivity contribution is 7.09. The van der Waals surface area contributed by atoms with Gasteiger partial charge < -0.3 is 19.7 Å². The van der Waals surface area contributed by atoms with Crippen molar-refractivity contribution in [1.82, 2.24) is 10.2 Å². The molecule has 0 unspecified atom stereocenters. The Bertz CT molecular complexity index is 809. The smallest absolute Gasteiger partial charge is 0.325 e. The van der Waals surface area contributed by atoms with Gasteiger partial charge in [0.2, 0.25) is 12.7 Å². The zero-order valence-corrected chi connectivity index (χ0v) is 15.0. The number of benzene rings is 1. The largest absolute Gasteiger partial charge is 0.454 e. The molecule has 4 rings (SSSR count). The number of amides is 3. The van der Waals surface area contributed by atoms with Crippen molar-refractivity contribution in [3.63, 3.8) is 0 Å². The molecule has 0 saturated carbocycles. The minimum absolute atomic E-state index is 0.0737. The molecule has 136 valence electrons. The summed E-state index contributed by atoms with van der Waals surface area (Å²) in [6, 6.07) is 9.29. The van der Waals surface area contributed by atoms with Gasteiger partial charge in [-0.25, -0.2) is 4.79 Å². The number of nitrogens with zero attached hydrogens (tertiary/aromatic N) is 2. The van der Waals surface area contributed by atoms with E-state index >= 15 is 0 Å². The third kappa shape index (κ3) is 3.45. The third-order valence-corrected chi connectivity index (χ3v) is 5.31. The summed E-state index contributed by atoms with van der Waals surface area (Å²) in [6.07, 6.45) is 0.806. The molecule has 3 amide bonds. The Balaban J connectivity index is 1.30. The maximum Gasteiger partial charge on any atom is 0.325 e.